The normalized spacial score (nSPS) is 15.2. The number of rotatable bonds is 5. The van der Waals surface area contributed by atoms with E-state index in [4.69, 9.17) is 9.47 Å². The fourth-order valence-corrected chi connectivity index (χ4v) is 2.41. The summed E-state index contributed by atoms with van der Waals surface area (Å²) in [7, 11) is 0. The molecule has 1 aliphatic rings. The van der Waals surface area contributed by atoms with Crippen molar-refractivity contribution in [3.8, 4) is 11.6 Å². The molecular weight excluding hydrogens is 296 g/mol. The predicted molar refractivity (Wildman–Crippen MR) is 82.0 cm³/mol. The molecule has 1 amide bonds. The van der Waals surface area contributed by atoms with Crippen LogP contribution in [0.3, 0.4) is 0 Å². The van der Waals surface area contributed by atoms with E-state index in [0.717, 1.165) is 12.8 Å². The van der Waals surface area contributed by atoms with Gasteiger partial charge in [0.25, 0.3) is 5.91 Å². The second-order valence-electron chi connectivity index (χ2n) is 5.22. The van der Waals surface area contributed by atoms with Crippen LogP contribution in [0.1, 0.15) is 12.8 Å². The van der Waals surface area contributed by atoms with E-state index in [-0.39, 0.29) is 18.6 Å². The first-order valence-electron chi connectivity index (χ1n) is 7.54. The Kier molecular flexibility index (Phi) is 4.98. The van der Waals surface area contributed by atoms with E-state index in [2.05, 4.69) is 15.0 Å². The van der Waals surface area contributed by atoms with Gasteiger partial charge in [-0.2, -0.15) is 0 Å². The lowest BCUT2D eigenvalue weighted by atomic mass is 10.1. The Morgan fingerprint density at radius 3 is 2.78 bits per heavy atom. The van der Waals surface area contributed by atoms with Gasteiger partial charge in [0, 0.05) is 44.4 Å². The van der Waals surface area contributed by atoms with Crippen molar-refractivity contribution in [1.82, 2.24) is 19.9 Å². The molecule has 0 aliphatic carbocycles. The lowest BCUT2D eigenvalue weighted by molar-refractivity contribution is -0.135. The number of pyridine rings is 1. The summed E-state index contributed by atoms with van der Waals surface area (Å²) in [5, 5.41) is 0. The number of hydrogen-bond donors (Lipinski definition) is 0. The maximum atomic E-state index is 12.2. The predicted octanol–water partition coefficient (Wildman–Crippen LogP) is 1.32. The van der Waals surface area contributed by atoms with Crippen LogP contribution >= 0.6 is 0 Å². The Hall–Kier alpha value is -2.70. The maximum Gasteiger partial charge on any atom is 0.260 e. The number of aromatic nitrogens is 3. The van der Waals surface area contributed by atoms with E-state index < -0.39 is 0 Å². The fraction of sp³-hybridized carbons (Fsp3) is 0.375. The number of piperidine rings is 1. The van der Waals surface area contributed by atoms with Gasteiger partial charge in [-0.3, -0.25) is 9.78 Å². The van der Waals surface area contributed by atoms with Crippen LogP contribution in [0.2, 0.25) is 0 Å². The van der Waals surface area contributed by atoms with Crippen LogP contribution in [-0.2, 0) is 4.79 Å². The number of ether oxygens (including phenoxy) is 2. The third-order valence-electron chi connectivity index (χ3n) is 3.63. The van der Waals surface area contributed by atoms with Gasteiger partial charge in [0.1, 0.15) is 18.2 Å². The molecular formula is C16H18N4O3. The van der Waals surface area contributed by atoms with Gasteiger partial charge in [0.05, 0.1) is 6.20 Å². The molecule has 0 N–H and O–H groups in total. The summed E-state index contributed by atoms with van der Waals surface area (Å²) in [5.41, 5.74) is 0. The average Bonchev–Trinajstić information content (AvgIpc) is 2.62. The van der Waals surface area contributed by atoms with Gasteiger partial charge >= 0.3 is 0 Å². The second kappa shape index (κ2) is 7.53. The highest BCUT2D eigenvalue weighted by Crippen LogP contribution is 2.17. The first-order valence-corrected chi connectivity index (χ1v) is 7.54. The van der Waals surface area contributed by atoms with E-state index in [0.29, 0.717) is 24.7 Å². The van der Waals surface area contributed by atoms with Crippen LogP contribution < -0.4 is 9.47 Å². The molecule has 0 aromatic carbocycles. The van der Waals surface area contributed by atoms with E-state index in [1.807, 2.05) is 0 Å². The lowest BCUT2D eigenvalue weighted by Gasteiger charge is -2.31. The first-order chi connectivity index (χ1) is 11.3. The zero-order chi connectivity index (χ0) is 15.9. The van der Waals surface area contributed by atoms with Gasteiger partial charge in [0.15, 0.2) is 6.61 Å². The van der Waals surface area contributed by atoms with Gasteiger partial charge in [-0.25, -0.2) is 9.97 Å². The quantitative estimate of drug-likeness (QED) is 0.828. The molecule has 0 spiro atoms. The lowest BCUT2D eigenvalue weighted by Crippen LogP contribution is -2.43. The Bertz CT molecular complexity index is 616. The van der Waals surface area contributed by atoms with E-state index in [9.17, 15) is 4.79 Å². The van der Waals surface area contributed by atoms with Gasteiger partial charge in [-0.15, -0.1) is 0 Å². The van der Waals surface area contributed by atoms with Crippen LogP contribution in [0, 0.1) is 0 Å². The van der Waals surface area contributed by atoms with Crippen molar-refractivity contribution < 1.29 is 14.3 Å². The van der Waals surface area contributed by atoms with Crippen LogP contribution in [0.15, 0.2) is 43.1 Å². The fourth-order valence-electron chi connectivity index (χ4n) is 2.41. The maximum absolute atomic E-state index is 12.2. The molecule has 1 saturated heterocycles. The number of carbonyl (C=O) groups excluding carboxylic acids is 1. The van der Waals surface area contributed by atoms with Crippen molar-refractivity contribution >= 4 is 5.91 Å². The zero-order valence-corrected chi connectivity index (χ0v) is 12.7. The molecule has 0 bridgehead atoms. The first kappa shape index (κ1) is 15.2. The van der Waals surface area contributed by atoms with Crippen molar-refractivity contribution in [1.29, 1.82) is 0 Å². The standard InChI is InChI=1S/C16H18N4O3/c21-16(11-22-14-2-1-6-17-10-14)20-8-4-13(5-9-20)23-15-3-7-18-12-19-15/h1-3,6-7,10,12-13H,4-5,8-9,11H2. The van der Waals surface area contributed by atoms with Crippen molar-refractivity contribution in [2.75, 3.05) is 19.7 Å². The smallest absolute Gasteiger partial charge is 0.260 e. The van der Waals surface area contributed by atoms with E-state index in [1.54, 1.807) is 41.7 Å². The highest BCUT2D eigenvalue weighted by molar-refractivity contribution is 5.77. The third-order valence-corrected chi connectivity index (χ3v) is 3.63. The molecule has 0 saturated carbocycles. The Morgan fingerprint density at radius 2 is 2.09 bits per heavy atom. The minimum absolute atomic E-state index is 0.0191. The van der Waals surface area contributed by atoms with Gasteiger partial charge in [-0.05, 0) is 12.1 Å². The monoisotopic (exact) mass is 314 g/mol. The Labute approximate surface area is 134 Å². The summed E-state index contributed by atoms with van der Waals surface area (Å²) in [6, 6.07) is 5.29. The van der Waals surface area contributed by atoms with Crippen LogP contribution in [0.5, 0.6) is 11.6 Å². The average molecular weight is 314 g/mol. The highest BCUT2D eigenvalue weighted by atomic mass is 16.5. The molecule has 0 unspecified atom stereocenters. The van der Waals surface area contributed by atoms with Crippen LogP contribution in [0.25, 0.3) is 0 Å². The summed E-state index contributed by atoms with van der Waals surface area (Å²) < 4.78 is 11.2. The van der Waals surface area contributed by atoms with Gasteiger partial charge < -0.3 is 14.4 Å². The topological polar surface area (TPSA) is 77.4 Å². The summed E-state index contributed by atoms with van der Waals surface area (Å²) in [5.74, 6) is 1.15. The van der Waals surface area contributed by atoms with Gasteiger partial charge in [-0.1, -0.05) is 0 Å². The van der Waals surface area contributed by atoms with Crippen molar-refractivity contribution in [2.24, 2.45) is 0 Å². The molecule has 1 aliphatic heterocycles. The minimum atomic E-state index is -0.0191. The molecule has 23 heavy (non-hydrogen) atoms. The molecule has 3 rings (SSSR count). The number of carbonyl (C=O) groups is 1. The Morgan fingerprint density at radius 1 is 1.22 bits per heavy atom. The van der Waals surface area contributed by atoms with E-state index >= 15 is 0 Å². The summed E-state index contributed by atoms with van der Waals surface area (Å²) in [4.78, 5) is 25.8. The van der Waals surface area contributed by atoms with Crippen molar-refractivity contribution in [2.45, 2.75) is 18.9 Å². The molecule has 120 valence electrons. The molecule has 7 nitrogen and oxygen atoms in total. The molecule has 0 atom stereocenters. The van der Waals surface area contributed by atoms with Crippen LogP contribution in [-0.4, -0.2) is 51.6 Å². The van der Waals surface area contributed by atoms with Crippen molar-refractivity contribution in [3.05, 3.63) is 43.1 Å². The largest absolute Gasteiger partial charge is 0.482 e. The summed E-state index contributed by atoms with van der Waals surface area (Å²) >= 11 is 0. The van der Waals surface area contributed by atoms with Crippen molar-refractivity contribution in [3.63, 3.8) is 0 Å². The highest BCUT2D eigenvalue weighted by Gasteiger charge is 2.24. The molecule has 2 aromatic heterocycles. The number of likely N-dealkylation sites (tertiary alicyclic amines) is 1. The zero-order valence-electron chi connectivity index (χ0n) is 12.7. The molecule has 1 fully saturated rings. The molecule has 2 aromatic rings. The number of amides is 1. The second-order valence-corrected chi connectivity index (χ2v) is 5.22. The Balaban J connectivity index is 1.42. The molecule has 7 heteroatoms. The minimum Gasteiger partial charge on any atom is -0.482 e. The van der Waals surface area contributed by atoms with Gasteiger partial charge in [0.2, 0.25) is 5.88 Å². The SMILES string of the molecule is O=C(COc1cccnc1)N1CCC(Oc2ccncn2)CC1. The van der Waals surface area contributed by atoms with E-state index in [1.165, 1.54) is 6.33 Å². The summed E-state index contributed by atoms with van der Waals surface area (Å²) in [6.45, 7) is 1.35. The molecule has 3 heterocycles. The number of nitrogens with zero attached hydrogens (tertiary/aromatic N) is 4. The van der Waals surface area contributed by atoms with Crippen LogP contribution in [0.4, 0.5) is 0 Å². The molecule has 0 radical (unpaired) electrons. The number of hydrogen-bond acceptors (Lipinski definition) is 6. The summed E-state index contributed by atoms with van der Waals surface area (Å²) in [6.07, 6.45) is 8.01. The third kappa shape index (κ3) is 4.38.